The second-order valence-corrected chi connectivity index (χ2v) is 7.31. The average molecular weight is 293 g/mol. The van der Waals surface area contributed by atoms with Crippen molar-refractivity contribution < 1.29 is 9.13 Å². The van der Waals surface area contributed by atoms with E-state index in [4.69, 9.17) is 4.74 Å². The summed E-state index contributed by atoms with van der Waals surface area (Å²) in [6.45, 7) is 7.98. The number of halogens is 1. The third-order valence-corrected chi connectivity index (χ3v) is 4.82. The van der Waals surface area contributed by atoms with Crippen LogP contribution in [-0.2, 0) is 0 Å². The standard InChI is InChI=1S/C18H28FNO/c1-18(2,3)14-7-5-13(6-8-14)12-20-16-10-9-15(19)11-17(16)21-4/h9-11,13-14,20H,5-8,12H2,1-4H3. The normalized spacial score (nSPS) is 22.9. The van der Waals surface area contributed by atoms with Crippen LogP contribution in [0.2, 0.25) is 0 Å². The number of anilines is 1. The molecule has 3 heteroatoms. The van der Waals surface area contributed by atoms with Crippen LogP contribution < -0.4 is 10.1 Å². The minimum atomic E-state index is -0.261. The monoisotopic (exact) mass is 293 g/mol. The highest BCUT2D eigenvalue weighted by molar-refractivity contribution is 5.56. The first-order valence-electron chi connectivity index (χ1n) is 7.97. The van der Waals surface area contributed by atoms with Gasteiger partial charge >= 0.3 is 0 Å². The van der Waals surface area contributed by atoms with E-state index in [9.17, 15) is 4.39 Å². The van der Waals surface area contributed by atoms with Gasteiger partial charge in [0.25, 0.3) is 0 Å². The molecule has 0 aromatic heterocycles. The van der Waals surface area contributed by atoms with Gasteiger partial charge in [-0.1, -0.05) is 20.8 Å². The van der Waals surface area contributed by atoms with Gasteiger partial charge in [0.15, 0.2) is 0 Å². The number of methoxy groups -OCH3 is 1. The molecule has 1 saturated carbocycles. The molecule has 0 atom stereocenters. The zero-order chi connectivity index (χ0) is 15.5. The summed E-state index contributed by atoms with van der Waals surface area (Å²) in [4.78, 5) is 0. The molecule has 0 spiro atoms. The van der Waals surface area contributed by atoms with Crippen LogP contribution in [0.4, 0.5) is 10.1 Å². The fourth-order valence-electron chi connectivity index (χ4n) is 3.30. The van der Waals surface area contributed by atoms with Crippen LogP contribution in [0.3, 0.4) is 0 Å². The molecule has 0 amide bonds. The lowest BCUT2D eigenvalue weighted by Crippen LogP contribution is -2.28. The summed E-state index contributed by atoms with van der Waals surface area (Å²) >= 11 is 0. The Kier molecular flexibility index (Phi) is 5.13. The van der Waals surface area contributed by atoms with Crippen molar-refractivity contribution in [3.05, 3.63) is 24.0 Å². The molecule has 0 bridgehead atoms. The van der Waals surface area contributed by atoms with E-state index in [0.29, 0.717) is 17.1 Å². The van der Waals surface area contributed by atoms with E-state index < -0.39 is 0 Å². The predicted molar refractivity (Wildman–Crippen MR) is 86.3 cm³/mol. The Morgan fingerprint density at radius 1 is 1.19 bits per heavy atom. The van der Waals surface area contributed by atoms with E-state index in [1.54, 1.807) is 13.2 Å². The fourth-order valence-corrected chi connectivity index (χ4v) is 3.30. The van der Waals surface area contributed by atoms with Crippen molar-refractivity contribution in [1.82, 2.24) is 0 Å². The van der Waals surface area contributed by atoms with Gasteiger partial charge in [-0.25, -0.2) is 4.39 Å². The molecule has 21 heavy (non-hydrogen) atoms. The summed E-state index contributed by atoms with van der Waals surface area (Å²) in [6.07, 6.45) is 5.18. The maximum Gasteiger partial charge on any atom is 0.144 e. The van der Waals surface area contributed by atoms with Crippen molar-refractivity contribution in [3.8, 4) is 5.75 Å². The number of hydrogen-bond acceptors (Lipinski definition) is 2. The van der Waals surface area contributed by atoms with Crippen LogP contribution in [0.25, 0.3) is 0 Å². The second-order valence-electron chi connectivity index (χ2n) is 7.31. The van der Waals surface area contributed by atoms with E-state index in [1.807, 2.05) is 0 Å². The Morgan fingerprint density at radius 3 is 2.43 bits per heavy atom. The molecule has 1 fully saturated rings. The van der Waals surface area contributed by atoms with Crippen molar-refractivity contribution in [2.24, 2.45) is 17.3 Å². The van der Waals surface area contributed by atoms with Gasteiger partial charge < -0.3 is 10.1 Å². The highest BCUT2D eigenvalue weighted by Crippen LogP contribution is 2.40. The van der Waals surface area contributed by atoms with E-state index in [1.165, 1.54) is 37.8 Å². The number of rotatable bonds is 4. The molecular weight excluding hydrogens is 265 g/mol. The van der Waals surface area contributed by atoms with Gasteiger partial charge in [-0.3, -0.25) is 0 Å². The molecule has 2 rings (SSSR count). The lowest BCUT2D eigenvalue weighted by Gasteiger charge is -2.37. The molecule has 0 saturated heterocycles. The van der Waals surface area contributed by atoms with Crippen molar-refractivity contribution in [2.45, 2.75) is 46.5 Å². The predicted octanol–water partition coefficient (Wildman–Crippen LogP) is 5.10. The molecule has 1 aromatic carbocycles. The molecule has 1 N–H and O–H groups in total. The summed E-state index contributed by atoms with van der Waals surface area (Å²) in [6, 6.07) is 4.66. The fraction of sp³-hybridized carbons (Fsp3) is 0.667. The molecule has 0 heterocycles. The number of hydrogen-bond donors (Lipinski definition) is 1. The summed E-state index contributed by atoms with van der Waals surface area (Å²) in [5, 5.41) is 3.42. The van der Waals surface area contributed by atoms with Crippen LogP contribution in [-0.4, -0.2) is 13.7 Å². The molecule has 0 aliphatic heterocycles. The molecule has 0 unspecified atom stereocenters. The first-order chi connectivity index (χ1) is 9.90. The number of benzene rings is 1. The third kappa shape index (κ3) is 4.36. The minimum absolute atomic E-state index is 0.261. The summed E-state index contributed by atoms with van der Waals surface area (Å²) in [5.41, 5.74) is 1.32. The van der Waals surface area contributed by atoms with E-state index in [0.717, 1.165) is 18.2 Å². The maximum atomic E-state index is 13.2. The number of nitrogens with one attached hydrogen (secondary N) is 1. The highest BCUT2D eigenvalue weighted by Gasteiger charge is 2.29. The molecule has 2 nitrogen and oxygen atoms in total. The quantitative estimate of drug-likeness (QED) is 0.834. The Balaban J connectivity index is 1.85. The van der Waals surface area contributed by atoms with Gasteiger partial charge in [-0.05, 0) is 55.1 Å². The first-order valence-corrected chi connectivity index (χ1v) is 7.97. The van der Waals surface area contributed by atoms with Gasteiger partial charge in [0.05, 0.1) is 12.8 Å². The third-order valence-electron chi connectivity index (χ3n) is 4.82. The number of ether oxygens (including phenoxy) is 1. The highest BCUT2D eigenvalue weighted by atomic mass is 19.1. The zero-order valence-corrected chi connectivity index (χ0v) is 13.7. The molecular formula is C18H28FNO. The Labute approximate surface area is 128 Å². The molecule has 1 aromatic rings. The Hall–Kier alpha value is -1.25. The Bertz CT molecular complexity index is 459. The van der Waals surface area contributed by atoms with E-state index in [-0.39, 0.29) is 5.82 Å². The van der Waals surface area contributed by atoms with Crippen molar-refractivity contribution in [2.75, 3.05) is 19.0 Å². The maximum absolute atomic E-state index is 13.2. The van der Waals surface area contributed by atoms with Crippen molar-refractivity contribution >= 4 is 5.69 Å². The van der Waals surface area contributed by atoms with Gasteiger partial charge in [0, 0.05) is 12.6 Å². The van der Waals surface area contributed by atoms with Crippen LogP contribution in [0, 0.1) is 23.1 Å². The topological polar surface area (TPSA) is 21.3 Å². The molecule has 0 radical (unpaired) electrons. The molecule has 1 aliphatic rings. The van der Waals surface area contributed by atoms with Crippen molar-refractivity contribution in [3.63, 3.8) is 0 Å². The molecule has 118 valence electrons. The van der Waals surface area contributed by atoms with E-state index >= 15 is 0 Å². The van der Waals surface area contributed by atoms with Crippen LogP contribution in [0.5, 0.6) is 5.75 Å². The largest absolute Gasteiger partial charge is 0.494 e. The van der Waals surface area contributed by atoms with Crippen LogP contribution in [0.15, 0.2) is 18.2 Å². The van der Waals surface area contributed by atoms with Crippen LogP contribution >= 0.6 is 0 Å². The SMILES string of the molecule is COc1cc(F)ccc1NCC1CCC(C(C)(C)C)CC1. The summed E-state index contributed by atoms with van der Waals surface area (Å²) in [7, 11) is 1.58. The van der Waals surface area contributed by atoms with Gasteiger partial charge in [0.1, 0.15) is 11.6 Å². The van der Waals surface area contributed by atoms with Gasteiger partial charge in [-0.2, -0.15) is 0 Å². The van der Waals surface area contributed by atoms with Crippen molar-refractivity contribution in [1.29, 1.82) is 0 Å². The molecule has 1 aliphatic carbocycles. The lowest BCUT2D eigenvalue weighted by molar-refractivity contribution is 0.153. The smallest absolute Gasteiger partial charge is 0.144 e. The van der Waals surface area contributed by atoms with E-state index in [2.05, 4.69) is 26.1 Å². The lowest BCUT2D eigenvalue weighted by atomic mass is 9.70. The Morgan fingerprint density at radius 2 is 1.86 bits per heavy atom. The average Bonchev–Trinajstić information content (AvgIpc) is 2.45. The minimum Gasteiger partial charge on any atom is -0.494 e. The second kappa shape index (κ2) is 6.67. The zero-order valence-electron chi connectivity index (χ0n) is 13.7. The van der Waals surface area contributed by atoms with Gasteiger partial charge in [0.2, 0.25) is 0 Å². The summed E-state index contributed by atoms with van der Waals surface area (Å²) < 4.78 is 18.4. The van der Waals surface area contributed by atoms with Gasteiger partial charge in [-0.15, -0.1) is 0 Å². The van der Waals surface area contributed by atoms with Crippen LogP contribution in [0.1, 0.15) is 46.5 Å². The first kappa shape index (κ1) is 16.1. The summed E-state index contributed by atoms with van der Waals surface area (Å²) in [5.74, 6) is 1.87.